The number of para-hydroxylation sites is 2. The third-order valence-corrected chi connectivity index (χ3v) is 3.88. The number of benzene rings is 2. The molecule has 1 aliphatic rings. The van der Waals surface area contributed by atoms with Crippen molar-refractivity contribution in [1.82, 2.24) is 0 Å². The van der Waals surface area contributed by atoms with Crippen molar-refractivity contribution in [3.05, 3.63) is 60.7 Å². The van der Waals surface area contributed by atoms with Gasteiger partial charge in [0.25, 0.3) is 0 Å². The lowest BCUT2D eigenvalue weighted by Crippen LogP contribution is -2.30. The summed E-state index contributed by atoms with van der Waals surface area (Å²) < 4.78 is 0. The van der Waals surface area contributed by atoms with E-state index in [0.29, 0.717) is 0 Å². The maximum Gasteiger partial charge on any atom is 0.0863 e. The molecule has 0 heterocycles. The molecule has 21 heavy (non-hydrogen) atoms. The molecule has 0 atom stereocenters. The molecule has 1 fully saturated rings. The van der Waals surface area contributed by atoms with Crippen LogP contribution in [0.25, 0.3) is 0 Å². The summed E-state index contributed by atoms with van der Waals surface area (Å²) in [6.07, 6.45) is 3.44. The van der Waals surface area contributed by atoms with Gasteiger partial charge in [0.05, 0.1) is 23.6 Å². The fourth-order valence-electron chi connectivity index (χ4n) is 2.70. The second kappa shape index (κ2) is 6.74. The molecule has 0 unspecified atom stereocenters. The first-order valence-electron chi connectivity index (χ1n) is 7.58. The Morgan fingerprint density at radius 2 is 1.24 bits per heavy atom. The zero-order valence-electron chi connectivity index (χ0n) is 12.1. The largest absolute Gasteiger partial charge is 0.393 e. The summed E-state index contributed by atoms with van der Waals surface area (Å²) in [5, 5.41) is 11.5. The molecule has 0 aromatic heterocycles. The summed E-state index contributed by atoms with van der Waals surface area (Å²) in [5.74, 6) is 0. The molecule has 0 aliphatic heterocycles. The highest BCUT2D eigenvalue weighted by atomic mass is 16.7. The molecule has 0 radical (unpaired) electrons. The normalized spacial score (nSPS) is 22.0. The van der Waals surface area contributed by atoms with Crippen molar-refractivity contribution in [2.24, 2.45) is 0 Å². The average molecular weight is 283 g/mol. The van der Waals surface area contributed by atoms with E-state index >= 15 is 0 Å². The molecule has 3 nitrogen and oxygen atoms in total. The van der Waals surface area contributed by atoms with E-state index in [1.54, 1.807) is 0 Å². The molecule has 0 saturated heterocycles. The molecule has 3 rings (SSSR count). The van der Waals surface area contributed by atoms with E-state index < -0.39 is 0 Å². The maximum atomic E-state index is 9.63. The Balaban J connectivity index is 1.80. The molecule has 1 saturated carbocycles. The summed E-state index contributed by atoms with van der Waals surface area (Å²) >= 11 is 0. The van der Waals surface area contributed by atoms with Gasteiger partial charge in [0.15, 0.2) is 0 Å². The molecule has 2 aromatic carbocycles. The summed E-state index contributed by atoms with van der Waals surface area (Å²) in [6, 6.07) is 20.2. The van der Waals surface area contributed by atoms with Gasteiger partial charge in [-0.2, -0.15) is 0 Å². The number of anilines is 2. The van der Waals surface area contributed by atoms with Crippen LogP contribution in [0.1, 0.15) is 25.7 Å². The van der Waals surface area contributed by atoms with Gasteiger partial charge in [0.1, 0.15) is 0 Å². The third kappa shape index (κ3) is 3.63. The first-order valence-corrected chi connectivity index (χ1v) is 7.58. The number of nitrogens with zero attached hydrogens (tertiary/aromatic N) is 1. The van der Waals surface area contributed by atoms with Crippen molar-refractivity contribution >= 4 is 11.4 Å². The highest BCUT2D eigenvalue weighted by molar-refractivity contribution is 5.60. The van der Waals surface area contributed by atoms with Crippen LogP contribution in [0.4, 0.5) is 11.4 Å². The minimum absolute atomic E-state index is 0.160. The van der Waals surface area contributed by atoms with E-state index in [9.17, 15) is 5.11 Å². The summed E-state index contributed by atoms with van der Waals surface area (Å²) in [7, 11) is 0. The van der Waals surface area contributed by atoms with Crippen LogP contribution in [0, 0.1) is 0 Å². The Morgan fingerprint density at radius 3 is 1.71 bits per heavy atom. The molecule has 1 N–H and O–H groups in total. The van der Waals surface area contributed by atoms with Crippen molar-refractivity contribution in [1.29, 1.82) is 0 Å². The molecule has 110 valence electrons. The van der Waals surface area contributed by atoms with E-state index in [1.807, 2.05) is 65.7 Å². The molecule has 0 bridgehead atoms. The maximum absolute atomic E-state index is 9.63. The van der Waals surface area contributed by atoms with Crippen LogP contribution in [0.2, 0.25) is 0 Å². The fraction of sp³-hybridized carbons (Fsp3) is 0.333. The summed E-state index contributed by atoms with van der Waals surface area (Å²) in [4.78, 5) is 6.23. The number of aliphatic hydroxyl groups is 1. The number of rotatable bonds is 4. The topological polar surface area (TPSA) is 32.7 Å². The molecular formula is C18H21NO2. The van der Waals surface area contributed by atoms with Crippen LogP contribution < -0.4 is 5.06 Å². The standard InChI is InChI=1S/C18H21NO2/c20-17-11-13-18(14-12-17)21-19(15-7-3-1-4-8-15)16-9-5-2-6-10-16/h1-10,17-18,20H,11-14H2. The molecule has 2 aromatic rings. The monoisotopic (exact) mass is 283 g/mol. The summed E-state index contributed by atoms with van der Waals surface area (Å²) in [6.45, 7) is 0. The van der Waals surface area contributed by atoms with Gasteiger partial charge in [0, 0.05) is 0 Å². The van der Waals surface area contributed by atoms with Gasteiger partial charge in [-0.1, -0.05) is 36.4 Å². The van der Waals surface area contributed by atoms with Crippen LogP contribution in [-0.4, -0.2) is 17.3 Å². The average Bonchev–Trinajstić information content (AvgIpc) is 2.56. The predicted octanol–water partition coefficient (Wildman–Crippen LogP) is 4.06. The minimum Gasteiger partial charge on any atom is -0.393 e. The Kier molecular flexibility index (Phi) is 4.53. The first kappa shape index (κ1) is 14.1. The Labute approximate surface area is 125 Å². The van der Waals surface area contributed by atoms with Crippen molar-refractivity contribution in [2.45, 2.75) is 37.9 Å². The van der Waals surface area contributed by atoms with Gasteiger partial charge in [-0.25, -0.2) is 5.06 Å². The lowest BCUT2D eigenvalue weighted by Gasteiger charge is -2.32. The van der Waals surface area contributed by atoms with Crippen molar-refractivity contribution < 1.29 is 9.94 Å². The first-order chi connectivity index (χ1) is 10.3. The van der Waals surface area contributed by atoms with E-state index in [-0.39, 0.29) is 12.2 Å². The predicted molar refractivity (Wildman–Crippen MR) is 84.4 cm³/mol. The van der Waals surface area contributed by atoms with E-state index in [0.717, 1.165) is 37.1 Å². The van der Waals surface area contributed by atoms with Gasteiger partial charge >= 0.3 is 0 Å². The zero-order valence-corrected chi connectivity index (χ0v) is 12.1. The van der Waals surface area contributed by atoms with Gasteiger partial charge in [-0.05, 0) is 49.9 Å². The third-order valence-electron chi connectivity index (χ3n) is 3.88. The lowest BCUT2D eigenvalue weighted by molar-refractivity contribution is -0.00335. The minimum atomic E-state index is -0.160. The smallest absolute Gasteiger partial charge is 0.0863 e. The number of aliphatic hydroxyl groups excluding tert-OH is 1. The molecule has 0 spiro atoms. The molecular weight excluding hydrogens is 262 g/mol. The Bertz CT molecular complexity index is 496. The SMILES string of the molecule is OC1CCC(ON(c2ccccc2)c2ccccc2)CC1. The zero-order chi connectivity index (χ0) is 14.5. The number of hydrogen-bond acceptors (Lipinski definition) is 3. The molecule has 3 heteroatoms. The van der Waals surface area contributed by atoms with Crippen LogP contribution >= 0.6 is 0 Å². The van der Waals surface area contributed by atoms with Crippen molar-refractivity contribution in [2.75, 3.05) is 5.06 Å². The Hall–Kier alpha value is -1.84. The van der Waals surface area contributed by atoms with Crippen LogP contribution in [0.3, 0.4) is 0 Å². The van der Waals surface area contributed by atoms with Gasteiger partial charge in [-0.15, -0.1) is 0 Å². The van der Waals surface area contributed by atoms with Crippen LogP contribution in [0.15, 0.2) is 60.7 Å². The second-order valence-electron chi connectivity index (χ2n) is 5.50. The lowest BCUT2D eigenvalue weighted by atomic mass is 9.95. The molecule has 1 aliphatic carbocycles. The highest BCUT2D eigenvalue weighted by Gasteiger charge is 2.23. The fourth-order valence-corrected chi connectivity index (χ4v) is 2.70. The van der Waals surface area contributed by atoms with Crippen molar-refractivity contribution in [3.63, 3.8) is 0 Å². The van der Waals surface area contributed by atoms with Crippen LogP contribution in [-0.2, 0) is 4.84 Å². The number of hydrogen-bond donors (Lipinski definition) is 1. The Morgan fingerprint density at radius 1 is 0.762 bits per heavy atom. The van der Waals surface area contributed by atoms with E-state index in [1.165, 1.54) is 0 Å². The quantitative estimate of drug-likeness (QED) is 0.859. The molecule has 0 amide bonds. The van der Waals surface area contributed by atoms with E-state index in [2.05, 4.69) is 0 Å². The van der Waals surface area contributed by atoms with Crippen LogP contribution in [0.5, 0.6) is 0 Å². The van der Waals surface area contributed by atoms with Gasteiger partial charge in [-0.3, -0.25) is 4.84 Å². The van der Waals surface area contributed by atoms with Crippen molar-refractivity contribution in [3.8, 4) is 0 Å². The van der Waals surface area contributed by atoms with E-state index in [4.69, 9.17) is 4.84 Å². The summed E-state index contributed by atoms with van der Waals surface area (Å²) in [5.41, 5.74) is 2.05. The van der Waals surface area contributed by atoms with Gasteiger partial charge in [0.2, 0.25) is 0 Å². The highest BCUT2D eigenvalue weighted by Crippen LogP contribution is 2.30. The second-order valence-corrected chi connectivity index (χ2v) is 5.50. The van der Waals surface area contributed by atoms with Gasteiger partial charge < -0.3 is 5.11 Å².